The Balaban J connectivity index is 3.43. The second kappa shape index (κ2) is 6.39. The van der Waals surface area contributed by atoms with Crippen molar-refractivity contribution in [2.75, 3.05) is 0 Å². The number of benzene rings is 1. The Bertz CT molecular complexity index is 578. The normalized spacial score (nSPS) is 15.0. The third kappa shape index (κ3) is 3.59. The fourth-order valence-electron chi connectivity index (χ4n) is 2.04. The van der Waals surface area contributed by atoms with E-state index in [4.69, 9.17) is 15.3 Å². The zero-order chi connectivity index (χ0) is 16.3. The number of hydrogen-bond acceptors (Lipinski definition) is 3. The van der Waals surface area contributed by atoms with Crippen LogP contribution < -0.4 is 0 Å². The summed E-state index contributed by atoms with van der Waals surface area (Å²) in [5.74, 6) is -5.75. The Morgan fingerprint density at radius 3 is 1.62 bits per heavy atom. The molecule has 21 heavy (non-hydrogen) atoms. The number of rotatable bonds is 6. The van der Waals surface area contributed by atoms with Crippen LogP contribution in [0.25, 0.3) is 0 Å². The van der Waals surface area contributed by atoms with Gasteiger partial charge in [-0.1, -0.05) is 18.2 Å². The second-order valence-electron chi connectivity index (χ2n) is 5.07. The molecule has 6 nitrogen and oxygen atoms in total. The van der Waals surface area contributed by atoms with Crippen LogP contribution in [0.5, 0.6) is 0 Å². The maximum Gasteiger partial charge on any atom is 0.310 e. The van der Waals surface area contributed by atoms with Gasteiger partial charge in [0.05, 0.1) is 17.8 Å². The second-order valence-corrected chi connectivity index (χ2v) is 5.07. The fourth-order valence-corrected chi connectivity index (χ4v) is 2.04. The summed E-state index contributed by atoms with van der Waals surface area (Å²) in [6.07, 6.45) is 0. The summed E-state index contributed by atoms with van der Waals surface area (Å²) in [7, 11) is 0. The fraction of sp³-hybridized carbons (Fsp3) is 0.400. The molecule has 3 N–H and O–H groups in total. The summed E-state index contributed by atoms with van der Waals surface area (Å²) in [5, 5.41) is 27.3. The molecule has 1 rings (SSSR count). The highest BCUT2D eigenvalue weighted by atomic mass is 16.4. The molecule has 0 saturated heterocycles. The molecule has 1 aromatic rings. The first-order chi connectivity index (χ1) is 9.66. The lowest BCUT2D eigenvalue weighted by Gasteiger charge is -2.19. The van der Waals surface area contributed by atoms with E-state index in [1.54, 1.807) is 0 Å². The molecule has 0 amide bonds. The maximum atomic E-state index is 11.2. The molecule has 0 aliphatic carbocycles. The molecule has 0 aromatic heterocycles. The molecular weight excluding hydrogens is 276 g/mol. The number of carboxylic acids is 3. The van der Waals surface area contributed by atoms with Crippen LogP contribution in [0.1, 0.15) is 55.2 Å². The molecule has 1 aromatic carbocycles. The van der Waals surface area contributed by atoms with Gasteiger partial charge < -0.3 is 15.3 Å². The van der Waals surface area contributed by atoms with Crippen LogP contribution in [-0.4, -0.2) is 33.2 Å². The van der Waals surface area contributed by atoms with Crippen LogP contribution in [-0.2, 0) is 14.4 Å². The van der Waals surface area contributed by atoms with Crippen molar-refractivity contribution in [3.05, 3.63) is 34.9 Å². The lowest BCUT2D eigenvalue weighted by molar-refractivity contribution is -0.140. The van der Waals surface area contributed by atoms with Crippen LogP contribution in [0.2, 0.25) is 0 Å². The average Bonchev–Trinajstić information content (AvgIpc) is 2.43. The summed E-state index contributed by atoms with van der Waals surface area (Å²) < 4.78 is 0. The van der Waals surface area contributed by atoms with Gasteiger partial charge in [0.2, 0.25) is 0 Å². The largest absolute Gasteiger partial charge is 0.481 e. The molecule has 0 fully saturated rings. The Morgan fingerprint density at radius 1 is 0.762 bits per heavy atom. The molecule has 114 valence electrons. The maximum absolute atomic E-state index is 11.2. The Hall–Kier alpha value is -2.37. The summed E-state index contributed by atoms with van der Waals surface area (Å²) in [6, 6.07) is 4.51. The van der Waals surface area contributed by atoms with Crippen LogP contribution in [0.15, 0.2) is 18.2 Å². The van der Waals surface area contributed by atoms with Crippen molar-refractivity contribution < 1.29 is 29.7 Å². The van der Waals surface area contributed by atoms with Crippen molar-refractivity contribution in [3.8, 4) is 0 Å². The molecular formula is C15H18O6. The number of carboxylic acid groups (broad SMARTS) is 3. The zero-order valence-corrected chi connectivity index (χ0v) is 12.0. The molecule has 0 aliphatic heterocycles. The van der Waals surface area contributed by atoms with Crippen molar-refractivity contribution in [1.29, 1.82) is 0 Å². The van der Waals surface area contributed by atoms with E-state index in [0.717, 1.165) is 0 Å². The lowest BCUT2D eigenvalue weighted by Crippen LogP contribution is -2.17. The summed E-state index contributed by atoms with van der Waals surface area (Å²) in [6.45, 7) is 4.41. The summed E-state index contributed by atoms with van der Waals surface area (Å²) in [4.78, 5) is 33.4. The SMILES string of the molecule is CC(C(=O)O)c1ccc(C(C)C(=O)O)c(C(C)C(=O)O)c1. The van der Waals surface area contributed by atoms with E-state index in [0.29, 0.717) is 16.7 Å². The number of hydrogen-bond donors (Lipinski definition) is 3. The monoisotopic (exact) mass is 294 g/mol. The van der Waals surface area contributed by atoms with Gasteiger partial charge in [-0.3, -0.25) is 14.4 Å². The number of carbonyl (C=O) groups is 3. The molecule has 3 unspecified atom stereocenters. The average molecular weight is 294 g/mol. The van der Waals surface area contributed by atoms with Gasteiger partial charge in [0, 0.05) is 0 Å². The van der Waals surface area contributed by atoms with E-state index in [-0.39, 0.29) is 0 Å². The van der Waals surface area contributed by atoms with E-state index in [1.807, 2.05) is 0 Å². The first-order valence-corrected chi connectivity index (χ1v) is 6.49. The van der Waals surface area contributed by atoms with Gasteiger partial charge in [-0.25, -0.2) is 0 Å². The Morgan fingerprint density at radius 2 is 1.19 bits per heavy atom. The van der Waals surface area contributed by atoms with Gasteiger partial charge in [-0.05, 0) is 37.5 Å². The van der Waals surface area contributed by atoms with E-state index in [1.165, 1.54) is 39.0 Å². The topological polar surface area (TPSA) is 112 Å². The number of aliphatic carboxylic acids is 3. The minimum atomic E-state index is -1.09. The van der Waals surface area contributed by atoms with Crippen molar-refractivity contribution in [2.45, 2.75) is 38.5 Å². The summed E-state index contributed by atoms with van der Waals surface area (Å²) >= 11 is 0. The van der Waals surface area contributed by atoms with Crippen LogP contribution in [0, 0.1) is 0 Å². The summed E-state index contributed by atoms with van der Waals surface area (Å²) in [5.41, 5.74) is 1.17. The predicted octanol–water partition coefficient (Wildman–Crippen LogP) is 2.25. The molecule has 0 saturated carbocycles. The molecule has 0 radical (unpaired) electrons. The standard InChI is InChI=1S/C15H18O6/c1-7(13(16)17)10-4-5-11(8(2)14(18)19)12(6-10)9(3)15(20)21/h4-9H,1-3H3,(H,16,17)(H,18,19)(H,20,21). The van der Waals surface area contributed by atoms with Crippen molar-refractivity contribution in [2.24, 2.45) is 0 Å². The lowest BCUT2D eigenvalue weighted by atomic mass is 9.85. The molecule has 0 bridgehead atoms. The van der Waals surface area contributed by atoms with Crippen molar-refractivity contribution in [3.63, 3.8) is 0 Å². The quantitative estimate of drug-likeness (QED) is 0.741. The molecule has 3 atom stereocenters. The van der Waals surface area contributed by atoms with E-state index in [9.17, 15) is 14.4 Å². The zero-order valence-electron chi connectivity index (χ0n) is 12.0. The van der Waals surface area contributed by atoms with E-state index < -0.39 is 35.7 Å². The molecule has 6 heteroatoms. The van der Waals surface area contributed by atoms with Gasteiger partial charge in [0.1, 0.15) is 0 Å². The first-order valence-electron chi connectivity index (χ1n) is 6.49. The van der Waals surface area contributed by atoms with Gasteiger partial charge in [0.15, 0.2) is 0 Å². The van der Waals surface area contributed by atoms with Gasteiger partial charge in [-0.15, -0.1) is 0 Å². The Kier molecular flexibility index (Phi) is 5.07. The van der Waals surface area contributed by atoms with Crippen molar-refractivity contribution >= 4 is 17.9 Å². The van der Waals surface area contributed by atoms with Crippen LogP contribution in [0.4, 0.5) is 0 Å². The van der Waals surface area contributed by atoms with E-state index in [2.05, 4.69) is 0 Å². The van der Waals surface area contributed by atoms with Gasteiger partial charge in [0.25, 0.3) is 0 Å². The van der Waals surface area contributed by atoms with Crippen LogP contribution >= 0.6 is 0 Å². The molecule has 0 heterocycles. The highest BCUT2D eigenvalue weighted by molar-refractivity contribution is 5.81. The van der Waals surface area contributed by atoms with Crippen molar-refractivity contribution in [1.82, 2.24) is 0 Å². The Labute approximate surface area is 122 Å². The van der Waals surface area contributed by atoms with E-state index >= 15 is 0 Å². The smallest absolute Gasteiger partial charge is 0.310 e. The predicted molar refractivity (Wildman–Crippen MR) is 74.6 cm³/mol. The molecule has 0 aliphatic rings. The minimum Gasteiger partial charge on any atom is -0.481 e. The van der Waals surface area contributed by atoms with Gasteiger partial charge >= 0.3 is 17.9 Å². The van der Waals surface area contributed by atoms with Gasteiger partial charge in [-0.2, -0.15) is 0 Å². The van der Waals surface area contributed by atoms with Crippen LogP contribution in [0.3, 0.4) is 0 Å². The third-order valence-electron chi connectivity index (χ3n) is 3.66. The highest BCUT2D eigenvalue weighted by Crippen LogP contribution is 2.30. The third-order valence-corrected chi connectivity index (χ3v) is 3.66. The molecule has 0 spiro atoms. The first kappa shape index (κ1) is 16.7. The minimum absolute atomic E-state index is 0.336. The highest BCUT2D eigenvalue weighted by Gasteiger charge is 2.25.